The van der Waals surface area contributed by atoms with Crippen LogP contribution in [-0.2, 0) is 5.41 Å². The molecule has 11 aromatic rings. The molecule has 0 atom stereocenters. The van der Waals surface area contributed by atoms with E-state index in [2.05, 4.69) is 152 Å². The molecule has 2 heterocycles. The van der Waals surface area contributed by atoms with Gasteiger partial charge in [0.25, 0.3) is 0 Å². The molecule has 0 fully saturated rings. The highest BCUT2D eigenvalue weighted by molar-refractivity contribution is 6.13. The number of furan rings is 1. The van der Waals surface area contributed by atoms with Crippen LogP contribution < -0.4 is 0 Å². The fraction of sp³-hybridized carbons (Fsp3) is 0.0179. The molecule has 60 heavy (non-hydrogen) atoms. The maximum atomic E-state index is 6.63. The van der Waals surface area contributed by atoms with Gasteiger partial charge in [0.15, 0.2) is 17.5 Å². The van der Waals surface area contributed by atoms with Crippen LogP contribution in [0.5, 0.6) is 0 Å². The van der Waals surface area contributed by atoms with Crippen LogP contribution in [0.4, 0.5) is 0 Å². The van der Waals surface area contributed by atoms with Crippen LogP contribution in [-0.4, -0.2) is 15.0 Å². The fourth-order valence-corrected chi connectivity index (χ4v) is 9.50. The highest BCUT2D eigenvalue weighted by Gasteiger charge is 2.46. The number of benzene rings is 9. The van der Waals surface area contributed by atoms with Crippen LogP contribution in [0.3, 0.4) is 0 Å². The predicted molar refractivity (Wildman–Crippen MR) is 244 cm³/mol. The first-order valence-electron chi connectivity index (χ1n) is 20.3. The number of nitrogens with zero attached hydrogens (tertiary/aromatic N) is 3. The van der Waals surface area contributed by atoms with Gasteiger partial charge in [0, 0.05) is 27.5 Å². The van der Waals surface area contributed by atoms with E-state index >= 15 is 0 Å². The number of fused-ring (bicyclic) bond motifs is 7. The normalized spacial score (nSPS) is 12.8. The molecule has 12 rings (SSSR count). The summed E-state index contributed by atoms with van der Waals surface area (Å²) in [6.07, 6.45) is 0. The lowest BCUT2D eigenvalue weighted by atomic mass is 9.67. The van der Waals surface area contributed by atoms with E-state index in [1.54, 1.807) is 0 Å². The first kappa shape index (κ1) is 34.1. The molecule has 0 unspecified atom stereocenters. The standard InChI is InChI=1S/C56H35N3O/c1-4-15-36(16-5-1)53-57-54(37-17-6-2-7-18-37)59-55(58-53)41-30-28-38-33-40(29-27-39(38)34-41)44-23-14-26-51-52(44)47-35-43(31-32-50(47)60-51)56(42-19-8-3-9-20-42)48-24-12-10-21-45(48)46-22-11-13-25-49(46)56/h1-35H. The second-order valence-electron chi connectivity index (χ2n) is 15.5. The highest BCUT2D eigenvalue weighted by Crippen LogP contribution is 2.56. The average Bonchev–Trinajstić information content (AvgIpc) is 3.86. The van der Waals surface area contributed by atoms with Gasteiger partial charge < -0.3 is 4.42 Å². The summed E-state index contributed by atoms with van der Waals surface area (Å²) < 4.78 is 6.63. The maximum Gasteiger partial charge on any atom is 0.164 e. The van der Waals surface area contributed by atoms with Crippen LogP contribution in [0, 0.1) is 0 Å². The Kier molecular flexibility index (Phi) is 7.72. The molecule has 0 amide bonds. The lowest BCUT2D eigenvalue weighted by molar-refractivity contribution is 0.668. The van der Waals surface area contributed by atoms with Gasteiger partial charge in [0.2, 0.25) is 0 Å². The number of hydrogen-bond donors (Lipinski definition) is 0. The van der Waals surface area contributed by atoms with E-state index < -0.39 is 5.41 Å². The molecule has 4 heteroatoms. The first-order valence-corrected chi connectivity index (χ1v) is 20.3. The molecule has 0 saturated heterocycles. The minimum absolute atomic E-state index is 0.496. The Labute approximate surface area is 347 Å². The summed E-state index contributed by atoms with van der Waals surface area (Å²) in [7, 11) is 0. The van der Waals surface area contributed by atoms with Gasteiger partial charge in [-0.1, -0.05) is 182 Å². The van der Waals surface area contributed by atoms with E-state index in [0.29, 0.717) is 17.5 Å². The van der Waals surface area contributed by atoms with E-state index in [4.69, 9.17) is 19.4 Å². The van der Waals surface area contributed by atoms with Gasteiger partial charge in [-0.2, -0.15) is 0 Å². The zero-order chi connectivity index (χ0) is 39.6. The second-order valence-corrected chi connectivity index (χ2v) is 15.5. The van der Waals surface area contributed by atoms with Crippen molar-refractivity contribution in [3.63, 3.8) is 0 Å². The molecule has 4 nitrogen and oxygen atoms in total. The van der Waals surface area contributed by atoms with Crippen LogP contribution in [0.25, 0.3) is 89.1 Å². The van der Waals surface area contributed by atoms with Crippen molar-refractivity contribution < 1.29 is 4.42 Å². The van der Waals surface area contributed by atoms with Crippen LogP contribution in [0.1, 0.15) is 22.3 Å². The number of rotatable bonds is 6. The largest absolute Gasteiger partial charge is 0.456 e. The summed E-state index contributed by atoms with van der Waals surface area (Å²) in [5, 5.41) is 4.45. The van der Waals surface area contributed by atoms with E-state index in [-0.39, 0.29) is 0 Å². The summed E-state index contributed by atoms with van der Waals surface area (Å²) in [5.41, 5.74) is 13.9. The quantitative estimate of drug-likeness (QED) is 0.169. The molecule has 0 aliphatic heterocycles. The molecule has 1 aliphatic rings. The number of hydrogen-bond acceptors (Lipinski definition) is 4. The minimum atomic E-state index is -0.496. The van der Waals surface area contributed by atoms with Gasteiger partial charge >= 0.3 is 0 Å². The minimum Gasteiger partial charge on any atom is -0.456 e. The molecular formula is C56H35N3O. The van der Waals surface area contributed by atoms with Gasteiger partial charge in [0.05, 0.1) is 5.41 Å². The molecule has 0 bridgehead atoms. The van der Waals surface area contributed by atoms with Crippen LogP contribution in [0.15, 0.2) is 217 Å². The molecule has 0 saturated carbocycles. The number of aromatic nitrogens is 3. The molecule has 1 aliphatic carbocycles. The molecule has 2 aromatic heterocycles. The zero-order valence-electron chi connectivity index (χ0n) is 32.5. The lowest BCUT2D eigenvalue weighted by Crippen LogP contribution is -2.28. The SMILES string of the molecule is c1ccc(-c2nc(-c3ccccc3)nc(-c3ccc4cc(-c5cccc6oc7ccc(C8(c9ccccc9)c9ccccc9-c9ccccc98)cc7c56)ccc4c3)n2)cc1. The van der Waals surface area contributed by atoms with Crippen molar-refractivity contribution in [1.82, 2.24) is 15.0 Å². The van der Waals surface area contributed by atoms with Crippen molar-refractivity contribution in [2.75, 3.05) is 0 Å². The third kappa shape index (κ3) is 5.28. The third-order valence-electron chi connectivity index (χ3n) is 12.2. The van der Waals surface area contributed by atoms with Crippen molar-refractivity contribution in [2.24, 2.45) is 0 Å². The van der Waals surface area contributed by atoms with Crippen molar-refractivity contribution in [3.05, 3.63) is 235 Å². The lowest BCUT2D eigenvalue weighted by Gasteiger charge is -2.33. The molecule has 0 radical (unpaired) electrons. The molecule has 0 spiro atoms. The Morgan fingerprint density at radius 3 is 1.48 bits per heavy atom. The predicted octanol–water partition coefficient (Wildman–Crippen LogP) is 14.0. The van der Waals surface area contributed by atoms with Crippen molar-refractivity contribution in [1.29, 1.82) is 0 Å². The molecule has 9 aromatic carbocycles. The van der Waals surface area contributed by atoms with Gasteiger partial charge in [-0.25, -0.2) is 15.0 Å². The Morgan fingerprint density at radius 1 is 0.333 bits per heavy atom. The first-order chi connectivity index (χ1) is 29.7. The summed E-state index contributed by atoms with van der Waals surface area (Å²) in [6.45, 7) is 0. The Morgan fingerprint density at radius 2 is 0.850 bits per heavy atom. The van der Waals surface area contributed by atoms with Gasteiger partial charge in [-0.15, -0.1) is 0 Å². The van der Waals surface area contributed by atoms with Crippen molar-refractivity contribution >= 4 is 32.7 Å². The van der Waals surface area contributed by atoms with E-state index in [1.165, 1.54) is 33.4 Å². The summed E-state index contributed by atoms with van der Waals surface area (Å²) in [6, 6.07) is 75.3. The average molecular weight is 766 g/mol. The van der Waals surface area contributed by atoms with Gasteiger partial charge in [-0.3, -0.25) is 0 Å². The Bertz CT molecular complexity index is 3330. The van der Waals surface area contributed by atoms with E-state index in [0.717, 1.165) is 60.5 Å². The summed E-state index contributed by atoms with van der Waals surface area (Å²) in [4.78, 5) is 14.8. The Hall–Kier alpha value is -7.95. The molecular weight excluding hydrogens is 731 g/mol. The fourth-order valence-electron chi connectivity index (χ4n) is 9.50. The van der Waals surface area contributed by atoms with Crippen LogP contribution >= 0.6 is 0 Å². The van der Waals surface area contributed by atoms with Gasteiger partial charge in [-0.05, 0) is 85.6 Å². The topological polar surface area (TPSA) is 51.8 Å². The smallest absolute Gasteiger partial charge is 0.164 e. The summed E-state index contributed by atoms with van der Waals surface area (Å²) in [5.74, 6) is 1.93. The molecule has 0 N–H and O–H groups in total. The monoisotopic (exact) mass is 765 g/mol. The second kappa shape index (κ2) is 13.6. The highest BCUT2D eigenvalue weighted by atomic mass is 16.3. The van der Waals surface area contributed by atoms with E-state index in [9.17, 15) is 0 Å². The van der Waals surface area contributed by atoms with Gasteiger partial charge in [0.1, 0.15) is 11.2 Å². The molecule has 280 valence electrons. The Balaban J connectivity index is 0.997. The third-order valence-corrected chi connectivity index (χ3v) is 12.2. The summed E-state index contributed by atoms with van der Waals surface area (Å²) >= 11 is 0. The van der Waals surface area contributed by atoms with Crippen molar-refractivity contribution in [3.8, 4) is 56.4 Å². The zero-order valence-corrected chi connectivity index (χ0v) is 32.5. The van der Waals surface area contributed by atoms with Crippen molar-refractivity contribution in [2.45, 2.75) is 5.41 Å². The van der Waals surface area contributed by atoms with E-state index in [1.807, 2.05) is 60.7 Å². The van der Waals surface area contributed by atoms with Crippen LogP contribution in [0.2, 0.25) is 0 Å². The maximum absolute atomic E-state index is 6.63.